The van der Waals surface area contributed by atoms with Gasteiger partial charge in [-0.1, -0.05) is 11.6 Å². The fourth-order valence-corrected chi connectivity index (χ4v) is 2.67. The van der Waals surface area contributed by atoms with Gasteiger partial charge in [-0.15, -0.1) is 0 Å². The monoisotopic (exact) mass is 297 g/mol. The highest BCUT2D eigenvalue weighted by Crippen LogP contribution is 2.27. The maximum Gasteiger partial charge on any atom is 0.283 e. The van der Waals surface area contributed by atoms with Gasteiger partial charge in [0, 0.05) is 29.7 Å². The molecule has 6 nitrogen and oxygen atoms in total. The normalized spacial score (nSPS) is 22.6. The predicted octanol–water partition coefficient (Wildman–Crippen LogP) is 2.20. The summed E-state index contributed by atoms with van der Waals surface area (Å²) in [6, 6.07) is 4.15. The zero-order valence-corrected chi connectivity index (χ0v) is 11.8. The van der Waals surface area contributed by atoms with Crippen molar-refractivity contribution in [1.82, 2.24) is 4.90 Å². The summed E-state index contributed by atoms with van der Waals surface area (Å²) in [5, 5.41) is 11.3. The summed E-state index contributed by atoms with van der Waals surface area (Å²) in [5.74, 6) is -0.340. The van der Waals surface area contributed by atoms with Gasteiger partial charge < -0.3 is 10.6 Å². The van der Waals surface area contributed by atoms with Gasteiger partial charge in [0.2, 0.25) is 0 Å². The Morgan fingerprint density at radius 3 is 2.85 bits per heavy atom. The third-order valence-electron chi connectivity index (χ3n) is 3.56. The van der Waals surface area contributed by atoms with E-state index in [-0.39, 0.29) is 34.3 Å². The number of amides is 1. The van der Waals surface area contributed by atoms with Crippen molar-refractivity contribution in [3.8, 4) is 0 Å². The van der Waals surface area contributed by atoms with Crippen molar-refractivity contribution in [1.29, 1.82) is 0 Å². The molecule has 2 atom stereocenters. The smallest absolute Gasteiger partial charge is 0.283 e. The SMILES string of the molecule is CC1CC(N)CCN1C(=O)c1ccc(Cl)cc1[N+](=O)[O-]. The molecule has 1 aromatic carbocycles. The van der Waals surface area contributed by atoms with Crippen LogP contribution in [-0.2, 0) is 0 Å². The average molecular weight is 298 g/mol. The van der Waals surface area contributed by atoms with Gasteiger partial charge in [0.25, 0.3) is 11.6 Å². The maximum absolute atomic E-state index is 12.5. The van der Waals surface area contributed by atoms with Crippen LogP contribution >= 0.6 is 11.6 Å². The number of halogens is 1. The first-order chi connectivity index (χ1) is 9.40. The van der Waals surface area contributed by atoms with E-state index in [1.165, 1.54) is 18.2 Å². The second kappa shape index (κ2) is 5.76. The molecule has 1 fully saturated rings. The first kappa shape index (κ1) is 14.7. The van der Waals surface area contributed by atoms with Crippen LogP contribution in [0.1, 0.15) is 30.1 Å². The van der Waals surface area contributed by atoms with Gasteiger partial charge >= 0.3 is 0 Å². The van der Waals surface area contributed by atoms with E-state index < -0.39 is 4.92 Å². The van der Waals surface area contributed by atoms with E-state index in [2.05, 4.69) is 0 Å². The van der Waals surface area contributed by atoms with Crippen molar-refractivity contribution in [3.63, 3.8) is 0 Å². The Hall–Kier alpha value is -1.66. The van der Waals surface area contributed by atoms with Gasteiger partial charge in [-0.05, 0) is 31.9 Å². The Morgan fingerprint density at radius 2 is 2.25 bits per heavy atom. The lowest BCUT2D eigenvalue weighted by Crippen LogP contribution is -2.48. The average Bonchev–Trinajstić information content (AvgIpc) is 2.37. The summed E-state index contributed by atoms with van der Waals surface area (Å²) in [7, 11) is 0. The molecule has 1 aromatic rings. The lowest BCUT2D eigenvalue weighted by atomic mass is 9.98. The number of nitrogens with two attached hydrogens (primary N) is 1. The minimum absolute atomic E-state index is 0.0264. The second-order valence-electron chi connectivity index (χ2n) is 5.05. The van der Waals surface area contributed by atoms with E-state index in [9.17, 15) is 14.9 Å². The van der Waals surface area contributed by atoms with Gasteiger partial charge in [-0.2, -0.15) is 0 Å². The number of carbonyl (C=O) groups is 1. The van der Waals surface area contributed by atoms with Gasteiger partial charge in [0.05, 0.1) is 4.92 Å². The third kappa shape index (κ3) is 2.91. The fraction of sp³-hybridized carbons (Fsp3) is 0.462. The van der Waals surface area contributed by atoms with Crippen molar-refractivity contribution in [3.05, 3.63) is 38.9 Å². The largest absolute Gasteiger partial charge is 0.336 e. The summed E-state index contributed by atoms with van der Waals surface area (Å²) in [6.45, 7) is 2.42. The minimum Gasteiger partial charge on any atom is -0.336 e. The van der Waals surface area contributed by atoms with Crippen LogP contribution in [0.5, 0.6) is 0 Å². The number of nitro benzene ring substituents is 1. The molecule has 20 heavy (non-hydrogen) atoms. The third-order valence-corrected chi connectivity index (χ3v) is 3.80. The van der Waals surface area contributed by atoms with Crippen LogP contribution in [0.2, 0.25) is 5.02 Å². The van der Waals surface area contributed by atoms with Crippen LogP contribution in [-0.4, -0.2) is 34.4 Å². The van der Waals surface area contributed by atoms with Crippen molar-refractivity contribution < 1.29 is 9.72 Å². The molecule has 1 saturated heterocycles. The van der Waals surface area contributed by atoms with Crippen LogP contribution in [0, 0.1) is 10.1 Å². The highest BCUT2D eigenvalue weighted by molar-refractivity contribution is 6.31. The van der Waals surface area contributed by atoms with E-state index in [0.29, 0.717) is 19.4 Å². The zero-order chi connectivity index (χ0) is 14.9. The molecule has 0 bridgehead atoms. The molecule has 2 rings (SSSR count). The van der Waals surface area contributed by atoms with E-state index in [0.717, 1.165) is 0 Å². The number of hydrogen-bond donors (Lipinski definition) is 1. The van der Waals surface area contributed by atoms with Crippen molar-refractivity contribution in [2.45, 2.75) is 31.8 Å². The number of nitrogens with zero attached hydrogens (tertiary/aromatic N) is 2. The molecule has 0 spiro atoms. The molecule has 108 valence electrons. The standard InChI is InChI=1S/C13H16ClN3O3/c1-8-6-10(15)4-5-16(8)13(18)11-3-2-9(14)7-12(11)17(19)20/h2-3,7-8,10H,4-6,15H2,1H3. The van der Waals surface area contributed by atoms with E-state index in [4.69, 9.17) is 17.3 Å². The number of piperidine rings is 1. The Kier molecular flexibility index (Phi) is 4.25. The highest BCUT2D eigenvalue weighted by Gasteiger charge is 2.31. The van der Waals surface area contributed by atoms with E-state index >= 15 is 0 Å². The maximum atomic E-state index is 12.5. The predicted molar refractivity (Wildman–Crippen MR) is 75.8 cm³/mol. The Labute approximate surface area is 121 Å². The molecule has 2 unspecified atom stereocenters. The quantitative estimate of drug-likeness (QED) is 0.669. The van der Waals surface area contributed by atoms with Gasteiger partial charge in [0.15, 0.2) is 0 Å². The lowest BCUT2D eigenvalue weighted by Gasteiger charge is -2.36. The fourth-order valence-electron chi connectivity index (χ4n) is 2.50. The van der Waals surface area contributed by atoms with Gasteiger partial charge in [-0.25, -0.2) is 0 Å². The number of benzene rings is 1. The second-order valence-corrected chi connectivity index (χ2v) is 5.49. The molecular formula is C13H16ClN3O3. The molecule has 0 radical (unpaired) electrons. The molecule has 0 saturated carbocycles. The molecule has 1 aliphatic heterocycles. The summed E-state index contributed by atoms with van der Waals surface area (Å²) in [4.78, 5) is 24.6. The molecule has 2 N–H and O–H groups in total. The van der Waals surface area contributed by atoms with E-state index in [1.807, 2.05) is 6.92 Å². The minimum atomic E-state index is -0.584. The molecule has 1 aliphatic rings. The van der Waals surface area contributed by atoms with Crippen LogP contribution in [0.3, 0.4) is 0 Å². The summed E-state index contributed by atoms with van der Waals surface area (Å²) in [5.41, 5.74) is 5.67. The molecule has 0 aliphatic carbocycles. The van der Waals surface area contributed by atoms with Crippen molar-refractivity contribution in [2.75, 3.05) is 6.54 Å². The van der Waals surface area contributed by atoms with Crippen LogP contribution in [0.15, 0.2) is 18.2 Å². The lowest BCUT2D eigenvalue weighted by molar-refractivity contribution is -0.385. The van der Waals surface area contributed by atoms with Gasteiger partial charge in [0.1, 0.15) is 5.56 Å². The number of carbonyl (C=O) groups excluding carboxylic acids is 1. The van der Waals surface area contributed by atoms with Crippen molar-refractivity contribution >= 4 is 23.2 Å². The molecule has 7 heteroatoms. The van der Waals surface area contributed by atoms with Crippen LogP contribution in [0.25, 0.3) is 0 Å². The summed E-state index contributed by atoms with van der Waals surface area (Å²) < 4.78 is 0. The Bertz CT molecular complexity index is 550. The van der Waals surface area contributed by atoms with Crippen LogP contribution < -0.4 is 5.73 Å². The number of nitro groups is 1. The van der Waals surface area contributed by atoms with E-state index in [1.54, 1.807) is 4.90 Å². The first-order valence-corrected chi connectivity index (χ1v) is 6.78. The summed E-state index contributed by atoms with van der Waals surface area (Å²) in [6.07, 6.45) is 1.41. The molecular weight excluding hydrogens is 282 g/mol. The zero-order valence-electron chi connectivity index (χ0n) is 11.1. The molecule has 1 heterocycles. The van der Waals surface area contributed by atoms with Gasteiger partial charge in [-0.3, -0.25) is 14.9 Å². The topological polar surface area (TPSA) is 89.5 Å². The summed E-state index contributed by atoms with van der Waals surface area (Å²) >= 11 is 5.75. The number of rotatable bonds is 2. The highest BCUT2D eigenvalue weighted by atomic mass is 35.5. The first-order valence-electron chi connectivity index (χ1n) is 6.40. The number of hydrogen-bond acceptors (Lipinski definition) is 4. The van der Waals surface area contributed by atoms with Crippen LogP contribution in [0.4, 0.5) is 5.69 Å². The number of likely N-dealkylation sites (tertiary alicyclic amines) is 1. The van der Waals surface area contributed by atoms with Crippen molar-refractivity contribution in [2.24, 2.45) is 5.73 Å². The molecule has 0 aromatic heterocycles. The molecule has 1 amide bonds. The Balaban J connectivity index is 2.32. The Morgan fingerprint density at radius 1 is 1.55 bits per heavy atom.